The molecular formula is C18H21NO2. The van der Waals surface area contributed by atoms with Crippen LogP contribution in [0.5, 0.6) is 11.5 Å². The van der Waals surface area contributed by atoms with Gasteiger partial charge < -0.3 is 14.8 Å². The van der Waals surface area contributed by atoms with Gasteiger partial charge in [0.05, 0.1) is 20.3 Å². The SMILES string of the molecule is COc1ccc(C2Nc3ccccc3CC2C)cc1OC. The zero-order valence-corrected chi connectivity index (χ0v) is 12.7. The van der Waals surface area contributed by atoms with Crippen molar-refractivity contribution in [2.24, 2.45) is 5.92 Å². The maximum Gasteiger partial charge on any atom is 0.161 e. The van der Waals surface area contributed by atoms with Gasteiger partial charge in [-0.05, 0) is 41.7 Å². The molecule has 1 heterocycles. The van der Waals surface area contributed by atoms with E-state index in [-0.39, 0.29) is 0 Å². The summed E-state index contributed by atoms with van der Waals surface area (Å²) in [5, 5.41) is 3.66. The number of rotatable bonds is 3. The molecule has 1 N–H and O–H groups in total. The Hall–Kier alpha value is -2.16. The van der Waals surface area contributed by atoms with E-state index in [2.05, 4.69) is 48.6 Å². The lowest BCUT2D eigenvalue weighted by atomic mass is 9.85. The Balaban J connectivity index is 1.94. The molecule has 2 aromatic carbocycles. The highest BCUT2D eigenvalue weighted by atomic mass is 16.5. The van der Waals surface area contributed by atoms with Gasteiger partial charge >= 0.3 is 0 Å². The minimum atomic E-state index is 0.291. The summed E-state index contributed by atoms with van der Waals surface area (Å²) in [6.45, 7) is 2.28. The van der Waals surface area contributed by atoms with Crippen LogP contribution in [0.25, 0.3) is 0 Å². The van der Waals surface area contributed by atoms with Crippen LogP contribution in [0.2, 0.25) is 0 Å². The van der Waals surface area contributed by atoms with Crippen molar-refractivity contribution in [3.63, 3.8) is 0 Å². The average molecular weight is 283 g/mol. The molecule has 1 aliphatic rings. The van der Waals surface area contributed by atoms with Crippen molar-refractivity contribution < 1.29 is 9.47 Å². The summed E-state index contributed by atoms with van der Waals surface area (Å²) >= 11 is 0. The highest BCUT2D eigenvalue weighted by Crippen LogP contribution is 2.39. The maximum absolute atomic E-state index is 5.42. The van der Waals surface area contributed by atoms with Crippen molar-refractivity contribution in [1.29, 1.82) is 0 Å². The summed E-state index contributed by atoms with van der Waals surface area (Å²) in [7, 11) is 3.34. The summed E-state index contributed by atoms with van der Waals surface area (Å²) in [5.41, 5.74) is 3.85. The first kappa shape index (κ1) is 13.8. The van der Waals surface area contributed by atoms with Gasteiger partial charge in [-0.25, -0.2) is 0 Å². The normalized spacial score (nSPS) is 20.3. The minimum absolute atomic E-state index is 0.291. The monoisotopic (exact) mass is 283 g/mol. The number of hydrogen-bond donors (Lipinski definition) is 1. The van der Waals surface area contributed by atoms with Crippen LogP contribution in [0.1, 0.15) is 24.1 Å². The molecule has 0 amide bonds. The molecule has 0 saturated carbocycles. The molecular weight excluding hydrogens is 262 g/mol. The Bertz CT molecular complexity index is 639. The van der Waals surface area contributed by atoms with E-state index in [1.165, 1.54) is 16.8 Å². The number of para-hydroxylation sites is 1. The van der Waals surface area contributed by atoms with Crippen LogP contribution < -0.4 is 14.8 Å². The van der Waals surface area contributed by atoms with Crippen LogP contribution in [-0.2, 0) is 6.42 Å². The van der Waals surface area contributed by atoms with Gasteiger partial charge in [0.2, 0.25) is 0 Å². The Labute approximate surface area is 125 Å². The molecule has 0 fully saturated rings. The van der Waals surface area contributed by atoms with E-state index in [0.29, 0.717) is 12.0 Å². The first-order valence-corrected chi connectivity index (χ1v) is 7.29. The molecule has 0 aliphatic carbocycles. The van der Waals surface area contributed by atoms with Gasteiger partial charge in [-0.1, -0.05) is 31.2 Å². The summed E-state index contributed by atoms with van der Waals surface area (Å²) in [6.07, 6.45) is 1.09. The zero-order chi connectivity index (χ0) is 14.8. The highest BCUT2D eigenvalue weighted by molar-refractivity contribution is 5.56. The van der Waals surface area contributed by atoms with Gasteiger partial charge in [-0.2, -0.15) is 0 Å². The predicted molar refractivity (Wildman–Crippen MR) is 85.2 cm³/mol. The minimum Gasteiger partial charge on any atom is -0.493 e. The standard InChI is InChI=1S/C18H21NO2/c1-12-10-13-6-4-5-7-15(13)19-18(12)14-8-9-16(20-2)17(11-14)21-3/h4-9,11-12,18-19H,10H2,1-3H3. The Morgan fingerprint density at radius 1 is 1.00 bits per heavy atom. The summed E-state index contributed by atoms with van der Waals surface area (Å²) in [5.74, 6) is 2.07. The second-order valence-electron chi connectivity index (χ2n) is 5.57. The molecule has 2 aromatic rings. The van der Waals surface area contributed by atoms with Gasteiger partial charge in [0.25, 0.3) is 0 Å². The van der Waals surface area contributed by atoms with Gasteiger partial charge in [0, 0.05) is 5.69 Å². The number of benzene rings is 2. The van der Waals surface area contributed by atoms with Crippen molar-refractivity contribution in [1.82, 2.24) is 0 Å². The molecule has 0 saturated heterocycles. The fourth-order valence-electron chi connectivity index (χ4n) is 3.07. The fraction of sp³-hybridized carbons (Fsp3) is 0.333. The van der Waals surface area contributed by atoms with Crippen LogP contribution in [-0.4, -0.2) is 14.2 Å². The highest BCUT2D eigenvalue weighted by Gasteiger charge is 2.26. The van der Waals surface area contributed by atoms with Crippen LogP contribution >= 0.6 is 0 Å². The molecule has 2 atom stereocenters. The zero-order valence-electron chi connectivity index (χ0n) is 12.7. The molecule has 110 valence electrons. The van der Waals surface area contributed by atoms with Gasteiger partial charge in [0.1, 0.15) is 0 Å². The molecule has 2 unspecified atom stereocenters. The van der Waals surface area contributed by atoms with E-state index in [1.807, 2.05) is 6.07 Å². The quantitative estimate of drug-likeness (QED) is 0.922. The van der Waals surface area contributed by atoms with Crippen LogP contribution in [0.3, 0.4) is 0 Å². The lowest BCUT2D eigenvalue weighted by Gasteiger charge is -2.33. The third-order valence-corrected chi connectivity index (χ3v) is 4.21. The summed E-state index contributed by atoms with van der Waals surface area (Å²) in [6, 6.07) is 15.0. The number of hydrogen-bond acceptors (Lipinski definition) is 3. The molecule has 3 rings (SSSR count). The smallest absolute Gasteiger partial charge is 0.161 e. The van der Waals surface area contributed by atoms with E-state index < -0.39 is 0 Å². The largest absolute Gasteiger partial charge is 0.493 e. The third-order valence-electron chi connectivity index (χ3n) is 4.21. The molecule has 3 heteroatoms. The lowest BCUT2D eigenvalue weighted by Crippen LogP contribution is -2.26. The predicted octanol–water partition coefficient (Wildman–Crippen LogP) is 4.05. The second kappa shape index (κ2) is 5.68. The molecule has 1 aliphatic heterocycles. The van der Waals surface area contributed by atoms with Crippen molar-refractivity contribution >= 4 is 5.69 Å². The van der Waals surface area contributed by atoms with Crippen molar-refractivity contribution in [2.45, 2.75) is 19.4 Å². The number of fused-ring (bicyclic) bond motifs is 1. The van der Waals surface area contributed by atoms with Crippen LogP contribution in [0, 0.1) is 5.92 Å². The van der Waals surface area contributed by atoms with Gasteiger partial charge in [-0.3, -0.25) is 0 Å². The first-order chi connectivity index (χ1) is 10.2. The van der Waals surface area contributed by atoms with Crippen molar-refractivity contribution in [2.75, 3.05) is 19.5 Å². The molecule has 0 aromatic heterocycles. The summed E-state index contributed by atoms with van der Waals surface area (Å²) in [4.78, 5) is 0. The second-order valence-corrected chi connectivity index (χ2v) is 5.57. The van der Waals surface area contributed by atoms with E-state index in [4.69, 9.17) is 9.47 Å². The average Bonchev–Trinajstić information content (AvgIpc) is 2.53. The topological polar surface area (TPSA) is 30.5 Å². The summed E-state index contributed by atoms with van der Waals surface area (Å²) < 4.78 is 10.7. The van der Waals surface area contributed by atoms with E-state index in [9.17, 15) is 0 Å². The molecule has 0 spiro atoms. The first-order valence-electron chi connectivity index (χ1n) is 7.29. The Morgan fingerprint density at radius 2 is 1.76 bits per heavy atom. The number of ether oxygens (including phenoxy) is 2. The third kappa shape index (κ3) is 2.56. The van der Waals surface area contributed by atoms with Gasteiger partial charge in [0.15, 0.2) is 11.5 Å². The van der Waals surface area contributed by atoms with Crippen LogP contribution in [0.4, 0.5) is 5.69 Å². The molecule has 0 radical (unpaired) electrons. The molecule has 0 bridgehead atoms. The number of anilines is 1. The fourth-order valence-corrected chi connectivity index (χ4v) is 3.07. The van der Waals surface area contributed by atoms with Gasteiger partial charge in [-0.15, -0.1) is 0 Å². The van der Waals surface area contributed by atoms with Crippen LogP contribution in [0.15, 0.2) is 42.5 Å². The van der Waals surface area contributed by atoms with E-state index in [0.717, 1.165) is 17.9 Å². The maximum atomic E-state index is 5.42. The van der Waals surface area contributed by atoms with Crippen molar-refractivity contribution in [3.05, 3.63) is 53.6 Å². The molecule has 3 nitrogen and oxygen atoms in total. The number of methoxy groups -OCH3 is 2. The van der Waals surface area contributed by atoms with Crippen molar-refractivity contribution in [3.8, 4) is 11.5 Å². The van der Waals surface area contributed by atoms with E-state index in [1.54, 1.807) is 14.2 Å². The van der Waals surface area contributed by atoms with E-state index >= 15 is 0 Å². The lowest BCUT2D eigenvalue weighted by molar-refractivity contribution is 0.353. The molecule has 21 heavy (non-hydrogen) atoms. The Morgan fingerprint density at radius 3 is 2.52 bits per heavy atom. The Kier molecular flexibility index (Phi) is 3.74. The number of nitrogens with one attached hydrogen (secondary N) is 1.